The summed E-state index contributed by atoms with van der Waals surface area (Å²) in [7, 11) is 5.97. The van der Waals surface area contributed by atoms with E-state index in [1.165, 1.54) is 34.5 Å². The van der Waals surface area contributed by atoms with E-state index in [-0.39, 0.29) is 138 Å². The van der Waals surface area contributed by atoms with Crippen LogP contribution in [0.4, 0.5) is 0 Å². The molecule has 30 heteroatoms. The van der Waals surface area contributed by atoms with Crippen LogP contribution in [0, 0.1) is 71.0 Å². The molecular weight excluding hydrogens is 1560 g/mol. The van der Waals surface area contributed by atoms with Gasteiger partial charge in [-0.1, -0.05) is 83.1 Å². The van der Waals surface area contributed by atoms with Crippen LogP contribution in [0.2, 0.25) is 0 Å². The number of carboxylic acid groups (broad SMARTS) is 2. The molecule has 0 radical (unpaired) electrons. The normalized spacial score (nSPS) is 39.6. The standard InChI is InChI=1S/C45H71NO14.C45H69NO14/c2*1-25-17-26(2)19-37(57-6)41-38(58-7)21-28(4)45(56,60-41)42(53)43(54)46-16-9-8-12-33(46)44(55)59-40(27(3)20-30-14-15-34(48)32(22-30)24-47)29(5)35(49)23-36(50)31(18-25)11-10-13-39(51)52/h18,20,26,28-35,37-38,40-41,47-49,56H,8-17,19,21-24H2,1-7H3,(H,51,52);10,13,18,20,26,28-35,37-38,40-41,47-49,56H,8-9,11-12,14-17,19,21-24H2,1-7H3,(H,51,52)/b25-18+,27-20+;13-10+,25-18+,27-20+/t2*26-,28+,29+,30-,31+,32-,33-,34+,35-,37-,38-,40+,41+,45+/m00/s1. The van der Waals surface area contributed by atoms with Gasteiger partial charge in [0.25, 0.3) is 23.4 Å². The van der Waals surface area contributed by atoms with Gasteiger partial charge in [0.05, 0.1) is 48.8 Å². The van der Waals surface area contributed by atoms with Crippen molar-refractivity contribution in [3.8, 4) is 0 Å². The summed E-state index contributed by atoms with van der Waals surface area (Å²) < 4.78 is 48.3. The molecule has 0 aromatic carbocycles. The zero-order chi connectivity index (χ0) is 88.9. The molecule has 8 aliphatic rings. The van der Waals surface area contributed by atoms with E-state index in [0.717, 1.165) is 27.0 Å². The van der Waals surface area contributed by atoms with E-state index in [1.54, 1.807) is 47.6 Å². The van der Waals surface area contributed by atoms with Gasteiger partial charge in [-0.2, -0.15) is 0 Å². The summed E-state index contributed by atoms with van der Waals surface area (Å²) in [6.07, 6.45) is 6.68. The number of hydrogen-bond donors (Lipinski definition) is 10. The number of amides is 2. The highest BCUT2D eigenvalue weighted by Crippen LogP contribution is 2.43. The Morgan fingerprint density at radius 3 is 1.27 bits per heavy atom. The number of ketones is 4. The van der Waals surface area contributed by atoms with Crippen LogP contribution in [0.25, 0.3) is 0 Å². The predicted molar refractivity (Wildman–Crippen MR) is 438 cm³/mol. The Kier molecular flexibility index (Phi) is 39.1. The monoisotopic (exact) mass is 1700 g/mol. The highest BCUT2D eigenvalue weighted by molar-refractivity contribution is 6.39. The quantitative estimate of drug-likeness (QED) is 0.0290. The number of aliphatic carboxylic acids is 2. The summed E-state index contributed by atoms with van der Waals surface area (Å²) in [6.45, 7) is 17.4. The number of rotatable bonds is 17. The fourth-order valence-electron chi connectivity index (χ4n) is 19.5. The number of hydrogen-bond acceptors (Lipinski definition) is 26. The predicted octanol–water partition coefficient (Wildman–Crippen LogP) is 7.60. The molecule has 0 spiro atoms. The summed E-state index contributed by atoms with van der Waals surface area (Å²) in [5.41, 5.74) is 2.84. The van der Waals surface area contributed by atoms with Crippen LogP contribution in [0.1, 0.15) is 223 Å². The lowest BCUT2D eigenvalue weighted by atomic mass is 9.78. The van der Waals surface area contributed by atoms with E-state index in [9.17, 15) is 99.0 Å². The van der Waals surface area contributed by atoms with Crippen molar-refractivity contribution in [1.29, 1.82) is 0 Å². The summed E-state index contributed by atoms with van der Waals surface area (Å²) in [5.74, 6) is -20.0. The molecule has 30 nitrogen and oxygen atoms in total. The number of nitrogens with zero attached hydrogens (tertiary/aromatic N) is 2. The molecule has 28 atom stereocenters. The van der Waals surface area contributed by atoms with Crippen molar-refractivity contribution in [3.63, 3.8) is 0 Å². The number of aliphatic hydroxyl groups is 8. The first-order chi connectivity index (χ1) is 56.7. The SMILES string of the molecule is CO[C@H]1C[C@@H](C)C/C(C)=C/[C@@H](C/C=C/C(=O)O)C(=O)C[C@H](O)[C@@H](C)[C@@H](/C(C)=C/[C@@H]2CC[C@@H](O)[C@H](CO)C2)OC(=O)[C@@H]2CCCCN2C(=O)C(=O)[C@]2(O)O[C@H]1[C@@H](OC)C[C@H]2C.CO[C@H]1C[C@@H](C)C/C(C)=C/[C@@H](CCCC(=O)O)C(=O)C[C@H](O)[C@@H](C)[C@@H](/C(C)=C/[C@@H]2CC[C@@H](O)[C@H](CO)C2)OC(=O)[C@@H]2CCCCN2C(=O)C(=O)[C@]2(O)O[C@H]1[C@@H](OC)C[C@H]2C. The molecule has 4 saturated heterocycles. The van der Waals surface area contributed by atoms with E-state index in [2.05, 4.69) is 0 Å². The van der Waals surface area contributed by atoms with Gasteiger partial charge in [0.2, 0.25) is 11.6 Å². The molecule has 6 aliphatic heterocycles. The van der Waals surface area contributed by atoms with Crippen LogP contribution in [0.5, 0.6) is 0 Å². The first kappa shape index (κ1) is 101. The molecule has 6 fully saturated rings. The number of fused-ring (bicyclic) bond motifs is 6. The van der Waals surface area contributed by atoms with Gasteiger partial charge in [-0.15, -0.1) is 0 Å². The maximum atomic E-state index is 14.3. The number of carbonyl (C=O) groups excluding carboxylic acids is 8. The van der Waals surface area contributed by atoms with Crippen molar-refractivity contribution in [3.05, 3.63) is 58.7 Å². The lowest BCUT2D eigenvalue weighted by molar-refractivity contribution is -0.302. The second kappa shape index (κ2) is 46.6. The van der Waals surface area contributed by atoms with E-state index < -0.39 is 180 Å². The van der Waals surface area contributed by atoms with Gasteiger partial charge < -0.3 is 98.8 Å². The molecule has 120 heavy (non-hydrogen) atoms. The smallest absolute Gasteiger partial charge is 0.329 e. The number of methoxy groups -OCH3 is 4. The molecule has 6 heterocycles. The van der Waals surface area contributed by atoms with E-state index in [4.69, 9.17) is 37.9 Å². The molecule has 0 unspecified atom stereocenters. The first-order valence-electron chi connectivity index (χ1n) is 43.5. The summed E-state index contributed by atoms with van der Waals surface area (Å²) in [4.78, 5) is 139. The molecule has 0 aromatic rings. The second-order valence-electron chi connectivity index (χ2n) is 36.1. The van der Waals surface area contributed by atoms with E-state index in [1.807, 2.05) is 45.9 Å². The lowest BCUT2D eigenvalue weighted by Gasteiger charge is -2.47. The number of piperidine rings is 2. The van der Waals surface area contributed by atoms with Crippen molar-refractivity contribution >= 4 is 58.8 Å². The summed E-state index contributed by atoms with van der Waals surface area (Å²) >= 11 is 0. The molecule has 8 rings (SSSR count). The van der Waals surface area contributed by atoms with Crippen molar-refractivity contribution in [2.45, 2.75) is 320 Å². The third-order valence-corrected chi connectivity index (χ3v) is 26.7. The molecule has 2 aliphatic carbocycles. The molecule has 678 valence electrons. The molecule has 10 N–H and O–H groups in total. The maximum absolute atomic E-state index is 14.3. The van der Waals surface area contributed by atoms with Crippen LogP contribution >= 0.6 is 0 Å². The third kappa shape index (κ3) is 26.4. The Morgan fingerprint density at radius 2 is 0.900 bits per heavy atom. The Hall–Kier alpha value is -6.36. The highest BCUT2D eigenvalue weighted by Gasteiger charge is 2.59. The molecular formula is C90H140N2O28. The van der Waals surface area contributed by atoms with E-state index in [0.29, 0.717) is 101 Å². The van der Waals surface area contributed by atoms with Gasteiger partial charge in [0, 0.05) is 127 Å². The average Bonchev–Trinajstić information content (AvgIpc) is 0.794. The van der Waals surface area contributed by atoms with Gasteiger partial charge in [-0.3, -0.25) is 33.6 Å². The number of carboxylic acids is 2. The minimum Gasteiger partial charge on any atom is -0.481 e. The average molecular weight is 1700 g/mol. The van der Waals surface area contributed by atoms with Crippen molar-refractivity contribution < 1.29 is 137 Å². The fourth-order valence-corrected chi connectivity index (χ4v) is 19.5. The molecule has 2 saturated carbocycles. The van der Waals surface area contributed by atoms with Gasteiger partial charge >= 0.3 is 23.9 Å². The Balaban J connectivity index is 0.000000331. The number of carbonyl (C=O) groups is 10. The molecule has 2 amide bonds. The number of allylic oxidation sites excluding steroid dienone is 7. The van der Waals surface area contributed by atoms with Crippen molar-refractivity contribution in [2.75, 3.05) is 54.7 Å². The molecule has 4 bridgehead atoms. The van der Waals surface area contributed by atoms with Crippen molar-refractivity contribution in [1.82, 2.24) is 9.80 Å². The summed E-state index contributed by atoms with van der Waals surface area (Å²) in [6, 6.07) is -2.40. The second-order valence-corrected chi connectivity index (χ2v) is 36.1. The van der Waals surface area contributed by atoms with Crippen LogP contribution in [0.15, 0.2) is 58.7 Å². The Bertz CT molecular complexity index is 3630. The largest absolute Gasteiger partial charge is 0.481 e. The molecule has 0 aromatic heterocycles. The number of aliphatic hydroxyl groups excluding tert-OH is 6. The first-order valence-corrected chi connectivity index (χ1v) is 43.5. The van der Waals surface area contributed by atoms with Crippen molar-refractivity contribution in [2.24, 2.45) is 71.0 Å². The van der Waals surface area contributed by atoms with Crippen LogP contribution < -0.4 is 0 Å². The van der Waals surface area contributed by atoms with Gasteiger partial charge in [0.15, 0.2) is 0 Å². The zero-order valence-corrected chi connectivity index (χ0v) is 73.0. The lowest BCUT2D eigenvalue weighted by Crippen LogP contribution is -2.64. The summed E-state index contributed by atoms with van der Waals surface area (Å²) in [5, 5.41) is 107. The minimum atomic E-state index is -2.56. The van der Waals surface area contributed by atoms with Crippen LogP contribution in [-0.4, -0.2) is 271 Å². The number of esters is 2. The fraction of sp³-hybridized carbons (Fsp3) is 0.778. The Labute approximate surface area is 707 Å². The van der Waals surface area contributed by atoms with Gasteiger partial charge in [-0.25, -0.2) is 14.4 Å². The van der Waals surface area contributed by atoms with Gasteiger partial charge in [-0.05, 0) is 197 Å². The number of Topliss-reactive ketones (excluding diaryl/α,β-unsaturated/α-hetero) is 4. The minimum absolute atomic E-state index is 0.0420. The third-order valence-electron chi connectivity index (χ3n) is 26.7. The topological polar surface area (TPSA) is 453 Å². The Morgan fingerprint density at radius 1 is 0.517 bits per heavy atom. The highest BCUT2D eigenvalue weighted by atomic mass is 16.7. The van der Waals surface area contributed by atoms with Crippen LogP contribution in [0.3, 0.4) is 0 Å². The maximum Gasteiger partial charge on any atom is 0.329 e. The van der Waals surface area contributed by atoms with Crippen LogP contribution in [-0.2, 0) is 85.8 Å². The van der Waals surface area contributed by atoms with Gasteiger partial charge in [0.1, 0.15) is 48.1 Å². The number of cyclic esters (lactones) is 2. The zero-order valence-electron chi connectivity index (χ0n) is 73.0. The number of ether oxygens (including phenoxy) is 8. The van der Waals surface area contributed by atoms with E-state index >= 15 is 0 Å².